The molecule has 0 bridgehead atoms. The number of fused-ring (bicyclic) bond motifs is 1. The standard InChI is InChI=1S/C27H23N3O5/c1-2-33-27(32)18-8-11-20(12-9-18)28-26(31)22-17-30(21-6-4-3-5-7-21)29-25(22)19-10-13-23-24(16-19)35-15-14-34-23/h3-13,16-17H,2,14-15H2,1H3,(H,28,31). The minimum atomic E-state index is -0.407. The van der Waals surface area contributed by atoms with E-state index in [4.69, 9.17) is 19.3 Å². The molecule has 0 fully saturated rings. The lowest BCUT2D eigenvalue weighted by atomic mass is 10.1. The summed E-state index contributed by atoms with van der Waals surface area (Å²) in [7, 11) is 0. The van der Waals surface area contributed by atoms with Crippen molar-refractivity contribution in [3.63, 3.8) is 0 Å². The lowest BCUT2D eigenvalue weighted by molar-refractivity contribution is 0.0526. The van der Waals surface area contributed by atoms with Crippen LogP contribution in [0, 0.1) is 0 Å². The molecule has 2 heterocycles. The highest BCUT2D eigenvalue weighted by atomic mass is 16.6. The largest absolute Gasteiger partial charge is 0.486 e. The second kappa shape index (κ2) is 9.72. The fourth-order valence-electron chi connectivity index (χ4n) is 3.76. The Labute approximate surface area is 202 Å². The van der Waals surface area contributed by atoms with Crippen molar-refractivity contribution in [1.82, 2.24) is 9.78 Å². The zero-order valence-corrected chi connectivity index (χ0v) is 19.1. The molecule has 3 aromatic carbocycles. The van der Waals surface area contributed by atoms with E-state index in [1.807, 2.05) is 48.5 Å². The zero-order valence-electron chi connectivity index (χ0n) is 19.1. The van der Waals surface area contributed by atoms with Gasteiger partial charge in [-0.15, -0.1) is 0 Å². The van der Waals surface area contributed by atoms with Gasteiger partial charge in [-0.05, 0) is 61.5 Å². The Morgan fingerprint density at radius 3 is 2.46 bits per heavy atom. The smallest absolute Gasteiger partial charge is 0.338 e. The van der Waals surface area contributed by atoms with Crippen molar-refractivity contribution >= 4 is 17.6 Å². The molecule has 0 atom stereocenters. The van der Waals surface area contributed by atoms with Gasteiger partial charge in [0.2, 0.25) is 0 Å². The first-order valence-electron chi connectivity index (χ1n) is 11.3. The van der Waals surface area contributed by atoms with Crippen LogP contribution in [-0.2, 0) is 4.74 Å². The fourth-order valence-corrected chi connectivity index (χ4v) is 3.76. The normalized spacial score (nSPS) is 12.1. The monoisotopic (exact) mass is 469 g/mol. The van der Waals surface area contributed by atoms with Crippen molar-refractivity contribution < 1.29 is 23.8 Å². The SMILES string of the molecule is CCOC(=O)c1ccc(NC(=O)c2cn(-c3ccccc3)nc2-c2ccc3c(c2)OCCO3)cc1. The topological polar surface area (TPSA) is 91.7 Å². The lowest BCUT2D eigenvalue weighted by Crippen LogP contribution is -2.15. The average molecular weight is 469 g/mol. The molecular weight excluding hydrogens is 446 g/mol. The number of benzene rings is 3. The van der Waals surface area contributed by atoms with E-state index >= 15 is 0 Å². The number of carbonyl (C=O) groups excluding carboxylic acids is 2. The summed E-state index contributed by atoms with van der Waals surface area (Å²) in [6.45, 7) is 3.01. The maximum absolute atomic E-state index is 13.4. The van der Waals surface area contributed by atoms with Gasteiger partial charge < -0.3 is 19.5 Å². The molecule has 35 heavy (non-hydrogen) atoms. The molecule has 0 spiro atoms. The van der Waals surface area contributed by atoms with E-state index in [0.29, 0.717) is 53.8 Å². The predicted octanol–water partition coefficient (Wildman–Crippen LogP) is 4.74. The van der Waals surface area contributed by atoms with Crippen LogP contribution < -0.4 is 14.8 Å². The van der Waals surface area contributed by atoms with E-state index in [1.54, 1.807) is 42.1 Å². The number of aromatic nitrogens is 2. The van der Waals surface area contributed by atoms with Gasteiger partial charge in [0.25, 0.3) is 5.91 Å². The van der Waals surface area contributed by atoms with Crippen molar-refractivity contribution in [2.45, 2.75) is 6.92 Å². The Morgan fingerprint density at radius 1 is 0.971 bits per heavy atom. The van der Waals surface area contributed by atoms with Crippen molar-refractivity contribution in [2.24, 2.45) is 0 Å². The molecule has 0 unspecified atom stereocenters. The summed E-state index contributed by atoms with van der Waals surface area (Å²) in [5.74, 6) is 0.537. The van der Waals surface area contributed by atoms with Crippen LogP contribution in [0.1, 0.15) is 27.6 Å². The van der Waals surface area contributed by atoms with Crippen LogP contribution in [0.5, 0.6) is 11.5 Å². The number of ether oxygens (including phenoxy) is 3. The van der Waals surface area contributed by atoms with E-state index in [0.717, 1.165) is 11.3 Å². The van der Waals surface area contributed by atoms with Gasteiger partial charge in [-0.1, -0.05) is 18.2 Å². The summed E-state index contributed by atoms with van der Waals surface area (Å²) >= 11 is 0. The van der Waals surface area contributed by atoms with Crippen molar-refractivity contribution in [3.05, 3.63) is 90.1 Å². The number of carbonyl (C=O) groups is 2. The highest BCUT2D eigenvalue weighted by Gasteiger charge is 2.21. The molecule has 8 nitrogen and oxygen atoms in total. The molecule has 1 amide bonds. The number of para-hydroxylation sites is 1. The third-order valence-corrected chi connectivity index (χ3v) is 5.45. The Kier molecular flexibility index (Phi) is 6.17. The maximum Gasteiger partial charge on any atom is 0.338 e. The van der Waals surface area contributed by atoms with E-state index in [9.17, 15) is 9.59 Å². The molecular formula is C27H23N3O5. The molecule has 0 saturated carbocycles. The van der Waals surface area contributed by atoms with Gasteiger partial charge in [-0.3, -0.25) is 4.79 Å². The molecule has 176 valence electrons. The number of esters is 1. The third-order valence-electron chi connectivity index (χ3n) is 5.45. The predicted molar refractivity (Wildman–Crippen MR) is 130 cm³/mol. The molecule has 8 heteroatoms. The van der Waals surface area contributed by atoms with Gasteiger partial charge in [-0.2, -0.15) is 5.10 Å². The number of anilines is 1. The summed E-state index contributed by atoms with van der Waals surface area (Å²) < 4.78 is 18.0. The average Bonchev–Trinajstić information content (AvgIpc) is 3.35. The number of nitrogens with one attached hydrogen (secondary N) is 1. The van der Waals surface area contributed by atoms with Gasteiger partial charge in [-0.25, -0.2) is 9.48 Å². The van der Waals surface area contributed by atoms with Crippen LogP contribution in [0.2, 0.25) is 0 Å². The minimum Gasteiger partial charge on any atom is -0.486 e. The molecule has 0 radical (unpaired) electrons. The van der Waals surface area contributed by atoms with Crippen LogP contribution in [0.4, 0.5) is 5.69 Å². The first-order valence-corrected chi connectivity index (χ1v) is 11.3. The molecule has 5 rings (SSSR count). The summed E-state index contributed by atoms with van der Waals surface area (Å²) in [5.41, 5.74) is 3.41. The summed E-state index contributed by atoms with van der Waals surface area (Å²) in [6, 6.07) is 21.6. The molecule has 1 N–H and O–H groups in total. The number of nitrogens with zero attached hydrogens (tertiary/aromatic N) is 2. The summed E-state index contributed by atoms with van der Waals surface area (Å²) in [5, 5.41) is 7.61. The number of hydrogen-bond donors (Lipinski definition) is 1. The lowest BCUT2D eigenvalue weighted by Gasteiger charge is -2.18. The van der Waals surface area contributed by atoms with Gasteiger partial charge in [0.15, 0.2) is 11.5 Å². The Hall–Kier alpha value is -4.59. The summed E-state index contributed by atoms with van der Waals surface area (Å²) in [6.07, 6.45) is 1.70. The number of amides is 1. The molecule has 1 aliphatic rings. The Bertz CT molecular complexity index is 1360. The molecule has 0 aliphatic carbocycles. The van der Waals surface area contributed by atoms with Crippen LogP contribution in [-0.4, -0.2) is 41.5 Å². The first-order chi connectivity index (χ1) is 17.1. The van der Waals surface area contributed by atoms with Gasteiger partial charge in [0.1, 0.15) is 18.9 Å². The third kappa shape index (κ3) is 4.72. The summed E-state index contributed by atoms with van der Waals surface area (Å²) in [4.78, 5) is 25.3. The molecule has 4 aromatic rings. The van der Waals surface area contributed by atoms with E-state index in [1.165, 1.54) is 0 Å². The van der Waals surface area contributed by atoms with Crippen LogP contribution in [0.25, 0.3) is 16.9 Å². The van der Waals surface area contributed by atoms with Crippen molar-refractivity contribution in [3.8, 4) is 28.4 Å². The maximum atomic E-state index is 13.4. The quantitative estimate of drug-likeness (QED) is 0.410. The fraction of sp³-hybridized carbons (Fsp3) is 0.148. The molecule has 1 aromatic heterocycles. The molecule has 0 saturated heterocycles. The van der Waals surface area contributed by atoms with Gasteiger partial charge in [0.05, 0.1) is 23.4 Å². The number of rotatable bonds is 6. The number of hydrogen-bond acceptors (Lipinski definition) is 6. The van der Waals surface area contributed by atoms with Crippen molar-refractivity contribution in [2.75, 3.05) is 25.1 Å². The van der Waals surface area contributed by atoms with E-state index < -0.39 is 5.97 Å². The van der Waals surface area contributed by atoms with Crippen LogP contribution in [0.15, 0.2) is 79.0 Å². The van der Waals surface area contributed by atoms with E-state index in [-0.39, 0.29) is 5.91 Å². The van der Waals surface area contributed by atoms with Gasteiger partial charge in [0, 0.05) is 17.4 Å². The minimum absolute atomic E-state index is 0.297. The highest BCUT2D eigenvalue weighted by molar-refractivity contribution is 6.08. The van der Waals surface area contributed by atoms with Crippen molar-refractivity contribution in [1.29, 1.82) is 0 Å². The highest BCUT2D eigenvalue weighted by Crippen LogP contribution is 2.35. The zero-order chi connectivity index (χ0) is 24.2. The Balaban J connectivity index is 1.48. The van der Waals surface area contributed by atoms with Crippen LogP contribution in [0.3, 0.4) is 0 Å². The first kappa shape index (κ1) is 22.2. The second-order valence-electron chi connectivity index (χ2n) is 7.78. The second-order valence-corrected chi connectivity index (χ2v) is 7.78. The van der Waals surface area contributed by atoms with Crippen LogP contribution >= 0.6 is 0 Å². The Morgan fingerprint density at radius 2 is 1.71 bits per heavy atom. The van der Waals surface area contributed by atoms with Gasteiger partial charge >= 0.3 is 5.97 Å². The van der Waals surface area contributed by atoms with E-state index in [2.05, 4.69) is 5.32 Å². The molecule has 1 aliphatic heterocycles.